The highest BCUT2D eigenvalue weighted by Crippen LogP contribution is 2.30. The van der Waals surface area contributed by atoms with E-state index in [9.17, 15) is 4.79 Å². The number of hydrogen-bond acceptors (Lipinski definition) is 6. The Morgan fingerprint density at radius 1 is 1.30 bits per heavy atom. The van der Waals surface area contributed by atoms with Gasteiger partial charge in [0.25, 0.3) is 0 Å². The van der Waals surface area contributed by atoms with Gasteiger partial charge in [-0.3, -0.25) is 4.90 Å². The van der Waals surface area contributed by atoms with Gasteiger partial charge < -0.3 is 18.3 Å². The molecule has 0 aromatic carbocycles. The third-order valence-electron chi connectivity index (χ3n) is 4.15. The quantitative estimate of drug-likeness (QED) is 0.807. The molecule has 0 saturated carbocycles. The number of methoxy groups -OCH3 is 1. The summed E-state index contributed by atoms with van der Waals surface area (Å²) in [5, 5.41) is 0. The highest BCUT2D eigenvalue weighted by molar-refractivity contribution is 5.86. The van der Waals surface area contributed by atoms with Gasteiger partial charge in [-0.25, -0.2) is 4.79 Å². The van der Waals surface area contributed by atoms with E-state index in [0.717, 1.165) is 23.8 Å². The minimum absolute atomic E-state index is 0.0378. The van der Waals surface area contributed by atoms with E-state index in [1.807, 2.05) is 25.1 Å². The Labute approximate surface area is 135 Å². The zero-order valence-electron chi connectivity index (χ0n) is 13.6. The minimum Gasteiger partial charge on any atom is -0.464 e. The molecule has 0 bridgehead atoms. The number of hydrogen-bond donors (Lipinski definition) is 0. The molecule has 2 aromatic heterocycles. The summed E-state index contributed by atoms with van der Waals surface area (Å²) in [6.45, 7) is 6.10. The van der Waals surface area contributed by atoms with E-state index in [2.05, 4.69) is 16.6 Å². The molecule has 124 valence electrons. The normalized spacial score (nSPS) is 20.4. The minimum atomic E-state index is -0.464. The largest absolute Gasteiger partial charge is 0.464 e. The second-order valence-electron chi connectivity index (χ2n) is 5.67. The number of aryl methyl sites for hydroxylation is 1. The predicted octanol–water partition coefficient (Wildman–Crippen LogP) is 3.10. The van der Waals surface area contributed by atoms with Crippen LogP contribution in [-0.4, -0.2) is 37.7 Å². The fourth-order valence-corrected chi connectivity index (χ4v) is 2.79. The number of esters is 1. The molecule has 0 spiro atoms. The molecule has 1 saturated heterocycles. The molecule has 3 rings (SSSR count). The Bertz CT molecular complexity index is 674. The smallest absolute Gasteiger partial charge is 0.373 e. The van der Waals surface area contributed by atoms with Crippen LogP contribution in [0.2, 0.25) is 0 Å². The van der Waals surface area contributed by atoms with Gasteiger partial charge >= 0.3 is 5.97 Å². The van der Waals surface area contributed by atoms with Crippen molar-refractivity contribution in [3.63, 3.8) is 0 Å². The van der Waals surface area contributed by atoms with Crippen LogP contribution in [0, 0.1) is 6.92 Å². The van der Waals surface area contributed by atoms with Crippen molar-refractivity contribution in [3.05, 3.63) is 47.3 Å². The van der Waals surface area contributed by atoms with E-state index in [0.29, 0.717) is 13.2 Å². The number of carbonyl (C=O) groups excluding carboxylic acids is 1. The maximum absolute atomic E-state index is 11.5. The van der Waals surface area contributed by atoms with Crippen LogP contribution in [0.3, 0.4) is 0 Å². The van der Waals surface area contributed by atoms with Crippen molar-refractivity contribution in [2.45, 2.75) is 26.0 Å². The fourth-order valence-electron chi connectivity index (χ4n) is 2.79. The Kier molecular flexibility index (Phi) is 4.54. The number of ether oxygens (including phenoxy) is 2. The lowest BCUT2D eigenvalue weighted by atomic mass is 10.1. The van der Waals surface area contributed by atoms with Crippen molar-refractivity contribution in [2.24, 2.45) is 0 Å². The van der Waals surface area contributed by atoms with E-state index in [-0.39, 0.29) is 17.9 Å². The van der Waals surface area contributed by atoms with Crippen LogP contribution in [-0.2, 0) is 9.47 Å². The van der Waals surface area contributed by atoms with E-state index < -0.39 is 5.97 Å². The summed E-state index contributed by atoms with van der Waals surface area (Å²) in [6.07, 6.45) is -0.0880. The molecule has 1 aliphatic heterocycles. The number of furan rings is 2. The van der Waals surface area contributed by atoms with Crippen molar-refractivity contribution in [1.29, 1.82) is 0 Å². The maximum atomic E-state index is 11.5. The predicted molar refractivity (Wildman–Crippen MR) is 82.2 cm³/mol. The van der Waals surface area contributed by atoms with Crippen LogP contribution in [0.25, 0.3) is 0 Å². The van der Waals surface area contributed by atoms with Gasteiger partial charge in [0.15, 0.2) is 0 Å². The van der Waals surface area contributed by atoms with E-state index in [4.69, 9.17) is 13.6 Å². The topological polar surface area (TPSA) is 65.0 Å². The van der Waals surface area contributed by atoms with Gasteiger partial charge in [-0.1, -0.05) is 0 Å². The average Bonchev–Trinajstić information content (AvgIpc) is 3.23. The lowest BCUT2D eigenvalue weighted by Gasteiger charge is -2.35. The maximum Gasteiger partial charge on any atom is 0.373 e. The summed E-state index contributed by atoms with van der Waals surface area (Å²) in [4.78, 5) is 13.8. The third kappa shape index (κ3) is 3.33. The molecule has 0 unspecified atom stereocenters. The molecule has 0 amide bonds. The van der Waals surface area contributed by atoms with Crippen molar-refractivity contribution in [2.75, 3.05) is 26.8 Å². The lowest BCUT2D eigenvalue weighted by Crippen LogP contribution is -2.39. The molecule has 1 aliphatic rings. The van der Waals surface area contributed by atoms with Gasteiger partial charge in [-0.2, -0.15) is 0 Å². The zero-order chi connectivity index (χ0) is 16.4. The Morgan fingerprint density at radius 3 is 2.83 bits per heavy atom. The molecule has 23 heavy (non-hydrogen) atoms. The van der Waals surface area contributed by atoms with E-state index in [1.165, 1.54) is 7.11 Å². The third-order valence-corrected chi connectivity index (χ3v) is 4.15. The molecule has 1 fully saturated rings. The molecule has 3 heterocycles. The van der Waals surface area contributed by atoms with Crippen molar-refractivity contribution in [1.82, 2.24) is 4.90 Å². The van der Waals surface area contributed by atoms with Gasteiger partial charge in [0.2, 0.25) is 5.76 Å². The molecule has 6 heteroatoms. The highest BCUT2D eigenvalue weighted by atomic mass is 16.5. The van der Waals surface area contributed by atoms with Gasteiger partial charge in [-0.15, -0.1) is 0 Å². The van der Waals surface area contributed by atoms with Gasteiger partial charge in [0, 0.05) is 13.1 Å². The van der Waals surface area contributed by atoms with Crippen LogP contribution < -0.4 is 0 Å². The summed E-state index contributed by atoms with van der Waals surface area (Å²) in [7, 11) is 1.34. The zero-order valence-corrected chi connectivity index (χ0v) is 13.6. The first kappa shape index (κ1) is 15.8. The summed E-state index contributed by atoms with van der Waals surface area (Å²) >= 11 is 0. The van der Waals surface area contributed by atoms with Crippen LogP contribution >= 0.6 is 0 Å². The van der Waals surface area contributed by atoms with Crippen LogP contribution in [0.1, 0.15) is 46.9 Å². The molecule has 0 aliphatic carbocycles. The first-order valence-corrected chi connectivity index (χ1v) is 7.68. The molecular formula is C17H21NO5. The van der Waals surface area contributed by atoms with Crippen LogP contribution in [0.4, 0.5) is 0 Å². The standard InChI is InChI=1S/C17H21NO5/c1-11-4-5-14(22-11)16-10-18(8-9-21-16)12(2)13-6-7-15(23-13)17(19)20-3/h4-7,12,16H,8-10H2,1-3H3/t12-,16-/m0/s1. The Balaban J connectivity index is 1.70. The second-order valence-corrected chi connectivity index (χ2v) is 5.67. The molecule has 2 aromatic rings. The summed E-state index contributed by atoms with van der Waals surface area (Å²) in [6, 6.07) is 7.40. The molecule has 0 N–H and O–H groups in total. The van der Waals surface area contributed by atoms with E-state index >= 15 is 0 Å². The van der Waals surface area contributed by atoms with Crippen LogP contribution in [0.15, 0.2) is 33.1 Å². The Hall–Kier alpha value is -2.05. The average molecular weight is 319 g/mol. The van der Waals surface area contributed by atoms with Crippen molar-refractivity contribution in [3.8, 4) is 0 Å². The number of nitrogens with zero attached hydrogens (tertiary/aromatic N) is 1. The molecular weight excluding hydrogens is 298 g/mol. The van der Waals surface area contributed by atoms with E-state index in [1.54, 1.807) is 6.07 Å². The van der Waals surface area contributed by atoms with Crippen molar-refractivity contribution >= 4 is 5.97 Å². The van der Waals surface area contributed by atoms with Gasteiger partial charge in [0.05, 0.1) is 19.8 Å². The highest BCUT2D eigenvalue weighted by Gasteiger charge is 2.29. The summed E-state index contributed by atoms with van der Waals surface area (Å²) in [5.74, 6) is 2.22. The first-order chi connectivity index (χ1) is 11.1. The number of carbonyl (C=O) groups is 1. The van der Waals surface area contributed by atoms with Gasteiger partial charge in [-0.05, 0) is 38.1 Å². The lowest BCUT2D eigenvalue weighted by molar-refractivity contribution is -0.0549. The van der Waals surface area contributed by atoms with Crippen molar-refractivity contribution < 1.29 is 23.1 Å². The monoisotopic (exact) mass is 319 g/mol. The first-order valence-electron chi connectivity index (χ1n) is 7.68. The number of rotatable bonds is 4. The summed E-state index contributed by atoms with van der Waals surface area (Å²) in [5.41, 5.74) is 0. The second kappa shape index (κ2) is 6.60. The SMILES string of the molecule is COC(=O)c1ccc([C@H](C)N2CCO[C@H](c3ccc(C)o3)C2)o1. The number of morpholine rings is 1. The fraction of sp³-hybridized carbons (Fsp3) is 0.471. The Morgan fingerprint density at radius 2 is 2.13 bits per heavy atom. The summed E-state index contributed by atoms with van der Waals surface area (Å²) < 4.78 is 21.8. The molecule has 2 atom stereocenters. The van der Waals surface area contributed by atoms with Gasteiger partial charge in [0.1, 0.15) is 23.4 Å². The van der Waals surface area contributed by atoms with Crippen LogP contribution in [0.5, 0.6) is 0 Å². The molecule has 0 radical (unpaired) electrons. The molecule has 6 nitrogen and oxygen atoms in total.